The normalized spacial score (nSPS) is 15.5. The van der Waals surface area contributed by atoms with Crippen LogP contribution in [0.5, 0.6) is 17.2 Å². The van der Waals surface area contributed by atoms with Gasteiger partial charge in [-0.25, -0.2) is 0 Å². The Morgan fingerprint density at radius 3 is 2.64 bits per heavy atom. The highest BCUT2D eigenvalue weighted by Crippen LogP contribution is 2.33. The van der Waals surface area contributed by atoms with Crippen molar-refractivity contribution in [3.63, 3.8) is 0 Å². The Kier molecular flexibility index (Phi) is 5.80. The molecular weight excluding hydrogens is 420 g/mol. The zero-order valence-electron chi connectivity index (χ0n) is 18.8. The highest BCUT2D eigenvalue weighted by atomic mass is 16.7. The van der Waals surface area contributed by atoms with E-state index in [2.05, 4.69) is 33.0 Å². The van der Waals surface area contributed by atoms with Crippen molar-refractivity contribution in [2.75, 3.05) is 37.9 Å². The van der Waals surface area contributed by atoms with Gasteiger partial charge < -0.3 is 23.5 Å². The van der Waals surface area contributed by atoms with Crippen LogP contribution in [0.4, 0.5) is 5.88 Å². The molecule has 0 N–H and O–H groups in total. The summed E-state index contributed by atoms with van der Waals surface area (Å²) in [5.74, 6) is 3.33. The van der Waals surface area contributed by atoms with Gasteiger partial charge in [0.2, 0.25) is 24.3 Å². The van der Waals surface area contributed by atoms with E-state index in [1.54, 1.807) is 0 Å². The lowest BCUT2D eigenvalue weighted by Crippen LogP contribution is -2.46. The van der Waals surface area contributed by atoms with Crippen LogP contribution in [0.15, 0.2) is 40.8 Å². The summed E-state index contributed by atoms with van der Waals surface area (Å²) in [6.07, 6.45) is 0. The van der Waals surface area contributed by atoms with Crippen LogP contribution in [0.3, 0.4) is 0 Å². The predicted octanol–water partition coefficient (Wildman–Crippen LogP) is 3.79. The molecule has 0 unspecified atom stereocenters. The molecule has 0 aliphatic carbocycles. The minimum absolute atomic E-state index is 0.183. The fraction of sp³-hybridized carbons (Fsp3) is 0.360. The van der Waals surface area contributed by atoms with E-state index in [1.165, 1.54) is 11.1 Å². The summed E-state index contributed by atoms with van der Waals surface area (Å²) in [6, 6.07) is 14.3. The number of benzene rings is 2. The van der Waals surface area contributed by atoms with Crippen molar-refractivity contribution in [2.45, 2.75) is 27.0 Å². The van der Waals surface area contributed by atoms with Crippen molar-refractivity contribution in [1.82, 2.24) is 9.88 Å². The topological polar surface area (TPSA) is 84.0 Å². The standard InChI is InChI=1S/C25H26N4O4/c1-17-3-5-21(18(2)11-17)30-15-24-27-20(13-26)25(33-24)29-9-7-28(8-10-29)14-19-4-6-22-23(12-19)32-16-31-22/h3-6,11-12H,7-10,14-16H2,1-2H3. The zero-order valence-corrected chi connectivity index (χ0v) is 18.8. The van der Waals surface area contributed by atoms with Crippen LogP contribution < -0.4 is 19.1 Å². The lowest BCUT2D eigenvalue weighted by atomic mass is 10.1. The molecule has 0 bridgehead atoms. The van der Waals surface area contributed by atoms with E-state index in [-0.39, 0.29) is 13.4 Å². The number of ether oxygens (including phenoxy) is 3. The largest absolute Gasteiger partial charge is 0.484 e. The first kappa shape index (κ1) is 21.2. The van der Waals surface area contributed by atoms with Gasteiger partial charge in [-0.1, -0.05) is 23.8 Å². The smallest absolute Gasteiger partial charge is 0.236 e. The second kappa shape index (κ2) is 9.04. The first-order chi connectivity index (χ1) is 16.1. The van der Waals surface area contributed by atoms with Gasteiger partial charge in [0.25, 0.3) is 0 Å². The van der Waals surface area contributed by atoms with Crippen LogP contribution >= 0.6 is 0 Å². The summed E-state index contributed by atoms with van der Waals surface area (Å²) < 4.78 is 22.7. The van der Waals surface area contributed by atoms with Crippen molar-refractivity contribution >= 4 is 5.88 Å². The fourth-order valence-corrected chi connectivity index (χ4v) is 4.21. The molecule has 1 saturated heterocycles. The first-order valence-electron chi connectivity index (χ1n) is 11.0. The molecule has 0 amide bonds. The number of nitrogens with zero attached hydrogens (tertiary/aromatic N) is 4. The maximum atomic E-state index is 9.57. The molecule has 2 aliphatic rings. The summed E-state index contributed by atoms with van der Waals surface area (Å²) in [5, 5.41) is 9.57. The number of aromatic nitrogens is 1. The molecule has 8 nitrogen and oxygen atoms in total. The molecule has 3 heterocycles. The minimum Gasteiger partial charge on any atom is -0.484 e. The Labute approximate surface area is 192 Å². The maximum absolute atomic E-state index is 9.57. The molecule has 170 valence electrons. The number of hydrogen-bond donors (Lipinski definition) is 0. The van der Waals surface area contributed by atoms with E-state index < -0.39 is 0 Å². The summed E-state index contributed by atoms with van der Waals surface area (Å²) in [5.41, 5.74) is 3.73. The summed E-state index contributed by atoms with van der Waals surface area (Å²) in [7, 11) is 0. The summed E-state index contributed by atoms with van der Waals surface area (Å²) in [4.78, 5) is 8.81. The van der Waals surface area contributed by atoms with Crippen molar-refractivity contribution in [2.24, 2.45) is 0 Å². The minimum atomic E-state index is 0.183. The van der Waals surface area contributed by atoms with E-state index in [9.17, 15) is 5.26 Å². The summed E-state index contributed by atoms with van der Waals surface area (Å²) >= 11 is 0. The molecule has 0 saturated carbocycles. The van der Waals surface area contributed by atoms with E-state index in [0.29, 0.717) is 17.5 Å². The molecule has 8 heteroatoms. The molecule has 1 fully saturated rings. The molecule has 3 aromatic rings. The van der Waals surface area contributed by atoms with Crippen molar-refractivity contribution in [1.29, 1.82) is 5.26 Å². The van der Waals surface area contributed by atoms with E-state index in [4.69, 9.17) is 18.6 Å². The van der Waals surface area contributed by atoms with Gasteiger partial charge in [-0.05, 0) is 43.2 Å². The number of rotatable bonds is 6. The van der Waals surface area contributed by atoms with E-state index >= 15 is 0 Å². The van der Waals surface area contributed by atoms with Gasteiger partial charge in [-0.2, -0.15) is 10.2 Å². The van der Waals surface area contributed by atoms with E-state index in [0.717, 1.165) is 55.5 Å². The lowest BCUT2D eigenvalue weighted by molar-refractivity contribution is 0.174. The zero-order chi connectivity index (χ0) is 22.8. The Bertz CT molecular complexity index is 1190. The van der Waals surface area contributed by atoms with Crippen LogP contribution in [0, 0.1) is 25.2 Å². The highest BCUT2D eigenvalue weighted by Gasteiger charge is 2.25. The van der Waals surface area contributed by atoms with Crippen molar-refractivity contribution in [3.05, 3.63) is 64.7 Å². The average Bonchev–Trinajstić information content (AvgIpc) is 3.45. The molecule has 0 atom stereocenters. The third kappa shape index (κ3) is 4.59. The molecule has 5 rings (SSSR count). The van der Waals surface area contributed by atoms with Gasteiger partial charge in [0.15, 0.2) is 18.1 Å². The van der Waals surface area contributed by atoms with Crippen LogP contribution in [0.1, 0.15) is 28.3 Å². The quantitative estimate of drug-likeness (QED) is 0.566. The van der Waals surface area contributed by atoms with Crippen molar-refractivity contribution in [3.8, 4) is 23.3 Å². The number of nitriles is 1. The number of aryl methyl sites for hydroxylation is 2. The SMILES string of the molecule is Cc1ccc(OCc2nc(C#N)c(N3CCN(Cc4ccc5c(c4)OCO5)CC3)o2)c(C)c1. The maximum Gasteiger partial charge on any atom is 0.236 e. The first-order valence-corrected chi connectivity index (χ1v) is 11.0. The van der Waals surface area contributed by atoms with Gasteiger partial charge in [0.05, 0.1) is 0 Å². The molecule has 2 aromatic carbocycles. The Hall–Kier alpha value is -3.70. The number of piperazine rings is 1. The molecule has 1 aromatic heterocycles. The van der Waals surface area contributed by atoms with Crippen LogP contribution in [-0.2, 0) is 13.2 Å². The number of oxazole rings is 1. The van der Waals surface area contributed by atoms with Crippen molar-refractivity contribution < 1.29 is 18.6 Å². The Morgan fingerprint density at radius 1 is 1.03 bits per heavy atom. The monoisotopic (exact) mass is 446 g/mol. The lowest BCUT2D eigenvalue weighted by Gasteiger charge is -2.34. The van der Waals surface area contributed by atoms with E-state index in [1.807, 2.05) is 38.1 Å². The summed E-state index contributed by atoms with van der Waals surface area (Å²) in [6.45, 7) is 8.58. The molecule has 0 radical (unpaired) electrons. The number of fused-ring (bicyclic) bond motifs is 1. The van der Waals surface area contributed by atoms with Crippen LogP contribution in [0.2, 0.25) is 0 Å². The van der Waals surface area contributed by atoms with Crippen LogP contribution in [-0.4, -0.2) is 42.9 Å². The third-order valence-electron chi connectivity index (χ3n) is 5.94. The molecule has 2 aliphatic heterocycles. The van der Waals surface area contributed by atoms with Gasteiger partial charge in [0, 0.05) is 32.7 Å². The Morgan fingerprint density at radius 2 is 1.85 bits per heavy atom. The van der Waals surface area contributed by atoms with Gasteiger partial charge in [0.1, 0.15) is 11.8 Å². The fourth-order valence-electron chi connectivity index (χ4n) is 4.21. The highest BCUT2D eigenvalue weighted by molar-refractivity contribution is 5.48. The molecular formula is C25H26N4O4. The van der Waals surface area contributed by atoms with Gasteiger partial charge in [-0.15, -0.1) is 0 Å². The average molecular weight is 447 g/mol. The number of hydrogen-bond acceptors (Lipinski definition) is 8. The molecule has 33 heavy (non-hydrogen) atoms. The second-order valence-electron chi connectivity index (χ2n) is 8.38. The van der Waals surface area contributed by atoms with Crippen LogP contribution in [0.25, 0.3) is 0 Å². The third-order valence-corrected chi connectivity index (χ3v) is 5.94. The van der Waals surface area contributed by atoms with Gasteiger partial charge in [-0.3, -0.25) is 4.90 Å². The molecule has 0 spiro atoms. The second-order valence-corrected chi connectivity index (χ2v) is 8.38. The predicted molar refractivity (Wildman–Crippen MR) is 122 cm³/mol. The Balaban J connectivity index is 1.19. The number of anilines is 1. The van der Waals surface area contributed by atoms with Gasteiger partial charge >= 0.3 is 0 Å².